The number of sulfonamides is 1. The molecule has 1 spiro atoms. The lowest BCUT2D eigenvalue weighted by Crippen LogP contribution is -2.51. The monoisotopic (exact) mass is 374 g/mol. The zero-order valence-electron chi connectivity index (χ0n) is 15.3. The third-order valence-electron chi connectivity index (χ3n) is 6.22. The molecular formula is C17H30N2O5S. The first kappa shape index (κ1) is 19.1. The van der Waals surface area contributed by atoms with Gasteiger partial charge in [0.2, 0.25) is 15.9 Å². The molecule has 25 heavy (non-hydrogen) atoms. The van der Waals surface area contributed by atoms with Crippen LogP contribution in [0.1, 0.15) is 38.5 Å². The van der Waals surface area contributed by atoms with Crippen LogP contribution in [0.5, 0.6) is 0 Å². The molecule has 0 atom stereocenters. The normalized spacial score (nSPS) is 26.9. The predicted octanol–water partition coefficient (Wildman–Crippen LogP) is 0.846. The number of carbonyl (C=O) groups excluding carboxylic acids is 1. The molecular weight excluding hydrogens is 344 g/mol. The van der Waals surface area contributed by atoms with E-state index in [4.69, 9.17) is 9.47 Å². The molecule has 3 fully saturated rings. The van der Waals surface area contributed by atoms with Crippen molar-refractivity contribution < 1.29 is 22.7 Å². The first-order chi connectivity index (χ1) is 11.8. The standard InChI is InChI=1S/C17H30N2O5S/c1-23-17(4-3-5-17)12-15(20)18-8-6-16(7-9-18)13-19(25(2,21)22)10-11-24-14-16/h3-14H2,1-2H3. The highest BCUT2D eigenvalue weighted by Gasteiger charge is 2.43. The second-order valence-electron chi connectivity index (χ2n) is 7.95. The lowest BCUT2D eigenvalue weighted by atomic mass is 9.76. The molecule has 144 valence electrons. The minimum absolute atomic E-state index is 0.158. The van der Waals surface area contributed by atoms with E-state index in [-0.39, 0.29) is 16.9 Å². The van der Waals surface area contributed by atoms with E-state index in [1.54, 1.807) is 7.11 Å². The molecule has 0 bridgehead atoms. The zero-order valence-corrected chi connectivity index (χ0v) is 16.1. The number of carbonyl (C=O) groups is 1. The number of amides is 1. The number of piperidine rings is 1. The fraction of sp³-hybridized carbons (Fsp3) is 0.941. The summed E-state index contributed by atoms with van der Waals surface area (Å²) >= 11 is 0. The van der Waals surface area contributed by atoms with E-state index >= 15 is 0 Å². The summed E-state index contributed by atoms with van der Waals surface area (Å²) in [7, 11) is -1.53. The summed E-state index contributed by atoms with van der Waals surface area (Å²) in [5.74, 6) is 0.158. The van der Waals surface area contributed by atoms with Crippen LogP contribution in [0.15, 0.2) is 0 Å². The van der Waals surface area contributed by atoms with Gasteiger partial charge in [-0.3, -0.25) is 4.79 Å². The SMILES string of the molecule is COC1(CC(=O)N2CCC3(CC2)COCCN(S(C)(=O)=O)C3)CCC1. The third-order valence-corrected chi connectivity index (χ3v) is 7.47. The van der Waals surface area contributed by atoms with Crippen molar-refractivity contribution >= 4 is 15.9 Å². The molecule has 0 aromatic carbocycles. The number of likely N-dealkylation sites (tertiary alicyclic amines) is 1. The van der Waals surface area contributed by atoms with Crippen LogP contribution >= 0.6 is 0 Å². The van der Waals surface area contributed by atoms with Gasteiger partial charge in [0.05, 0.1) is 31.5 Å². The average molecular weight is 375 g/mol. The quantitative estimate of drug-likeness (QED) is 0.729. The third kappa shape index (κ3) is 4.18. The van der Waals surface area contributed by atoms with Crippen molar-refractivity contribution in [2.45, 2.75) is 44.1 Å². The molecule has 7 nitrogen and oxygen atoms in total. The van der Waals surface area contributed by atoms with Crippen molar-refractivity contribution in [3.8, 4) is 0 Å². The summed E-state index contributed by atoms with van der Waals surface area (Å²) in [4.78, 5) is 14.6. The summed E-state index contributed by atoms with van der Waals surface area (Å²) in [6, 6.07) is 0. The van der Waals surface area contributed by atoms with Crippen molar-refractivity contribution in [1.29, 1.82) is 0 Å². The van der Waals surface area contributed by atoms with Gasteiger partial charge in [-0.15, -0.1) is 0 Å². The van der Waals surface area contributed by atoms with Crippen molar-refractivity contribution in [1.82, 2.24) is 9.21 Å². The minimum Gasteiger partial charge on any atom is -0.379 e. The van der Waals surface area contributed by atoms with Crippen LogP contribution in [0.2, 0.25) is 0 Å². The van der Waals surface area contributed by atoms with Crippen LogP contribution in [-0.4, -0.2) is 81.9 Å². The average Bonchev–Trinajstić information content (AvgIpc) is 2.74. The molecule has 1 saturated carbocycles. The number of methoxy groups -OCH3 is 1. The predicted molar refractivity (Wildman–Crippen MR) is 93.7 cm³/mol. The van der Waals surface area contributed by atoms with E-state index in [0.717, 1.165) is 32.1 Å². The lowest BCUT2D eigenvalue weighted by Gasteiger charge is -2.44. The second-order valence-corrected chi connectivity index (χ2v) is 9.93. The largest absolute Gasteiger partial charge is 0.379 e. The molecule has 2 heterocycles. The van der Waals surface area contributed by atoms with Gasteiger partial charge in [-0.1, -0.05) is 0 Å². The fourth-order valence-corrected chi connectivity index (χ4v) is 5.10. The Balaban J connectivity index is 1.59. The summed E-state index contributed by atoms with van der Waals surface area (Å²) in [5, 5.41) is 0. The number of rotatable bonds is 4. The molecule has 3 rings (SSSR count). The Labute approximate surface area is 150 Å². The Bertz CT molecular complexity index is 589. The van der Waals surface area contributed by atoms with Gasteiger partial charge >= 0.3 is 0 Å². The van der Waals surface area contributed by atoms with E-state index < -0.39 is 10.0 Å². The molecule has 2 saturated heterocycles. The van der Waals surface area contributed by atoms with Gasteiger partial charge in [-0.05, 0) is 32.1 Å². The van der Waals surface area contributed by atoms with Crippen LogP contribution in [0.25, 0.3) is 0 Å². The Hall–Kier alpha value is -0.700. The molecule has 3 aliphatic rings. The van der Waals surface area contributed by atoms with Gasteiger partial charge in [-0.25, -0.2) is 8.42 Å². The van der Waals surface area contributed by atoms with Crippen LogP contribution < -0.4 is 0 Å². The lowest BCUT2D eigenvalue weighted by molar-refractivity contribution is -0.146. The Morgan fingerprint density at radius 2 is 1.84 bits per heavy atom. The fourth-order valence-electron chi connectivity index (χ4n) is 4.18. The Kier molecular flexibility index (Phi) is 5.44. The highest BCUT2D eigenvalue weighted by Crippen LogP contribution is 2.40. The van der Waals surface area contributed by atoms with Gasteiger partial charge in [0.25, 0.3) is 0 Å². The molecule has 2 aliphatic heterocycles. The van der Waals surface area contributed by atoms with Crippen molar-refractivity contribution in [3.05, 3.63) is 0 Å². The van der Waals surface area contributed by atoms with E-state index in [1.807, 2.05) is 4.90 Å². The molecule has 1 amide bonds. The molecule has 0 aromatic heterocycles. The summed E-state index contributed by atoms with van der Waals surface area (Å²) in [6.45, 7) is 3.26. The number of ether oxygens (including phenoxy) is 2. The van der Waals surface area contributed by atoms with Crippen molar-refractivity contribution in [3.63, 3.8) is 0 Å². The Morgan fingerprint density at radius 3 is 2.36 bits per heavy atom. The maximum absolute atomic E-state index is 12.6. The van der Waals surface area contributed by atoms with Crippen LogP contribution in [-0.2, 0) is 24.3 Å². The highest BCUT2D eigenvalue weighted by molar-refractivity contribution is 7.88. The van der Waals surface area contributed by atoms with E-state index in [9.17, 15) is 13.2 Å². The maximum atomic E-state index is 12.6. The van der Waals surface area contributed by atoms with Gasteiger partial charge in [-0.2, -0.15) is 4.31 Å². The Morgan fingerprint density at radius 1 is 1.16 bits per heavy atom. The topological polar surface area (TPSA) is 76.2 Å². The number of hydrogen-bond acceptors (Lipinski definition) is 5. The molecule has 0 radical (unpaired) electrons. The molecule has 1 aliphatic carbocycles. The van der Waals surface area contributed by atoms with E-state index in [0.29, 0.717) is 45.8 Å². The molecule has 0 N–H and O–H groups in total. The summed E-state index contributed by atoms with van der Waals surface area (Å²) in [6.07, 6.45) is 6.34. The second kappa shape index (κ2) is 7.13. The van der Waals surface area contributed by atoms with Gasteiger partial charge in [0.15, 0.2) is 0 Å². The molecule has 0 aromatic rings. The first-order valence-corrected chi connectivity index (χ1v) is 11.0. The maximum Gasteiger partial charge on any atom is 0.225 e. The first-order valence-electron chi connectivity index (χ1n) is 9.13. The van der Waals surface area contributed by atoms with Crippen LogP contribution in [0.4, 0.5) is 0 Å². The number of hydrogen-bond donors (Lipinski definition) is 0. The van der Waals surface area contributed by atoms with E-state index in [2.05, 4.69) is 0 Å². The van der Waals surface area contributed by atoms with Gasteiger partial charge < -0.3 is 14.4 Å². The molecule has 0 unspecified atom stereocenters. The molecule has 8 heteroatoms. The number of nitrogens with zero attached hydrogens (tertiary/aromatic N) is 2. The summed E-state index contributed by atoms with van der Waals surface area (Å²) < 4.78 is 36.7. The van der Waals surface area contributed by atoms with Gasteiger partial charge in [0, 0.05) is 38.7 Å². The van der Waals surface area contributed by atoms with Gasteiger partial charge in [0.1, 0.15) is 0 Å². The zero-order chi connectivity index (χ0) is 18.1. The van der Waals surface area contributed by atoms with Crippen molar-refractivity contribution in [2.24, 2.45) is 5.41 Å². The summed E-state index contributed by atoms with van der Waals surface area (Å²) in [5.41, 5.74) is -0.420. The smallest absolute Gasteiger partial charge is 0.225 e. The van der Waals surface area contributed by atoms with Crippen molar-refractivity contribution in [2.75, 3.05) is 52.8 Å². The van der Waals surface area contributed by atoms with Crippen LogP contribution in [0, 0.1) is 5.41 Å². The van der Waals surface area contributed by atoms with E-state index in [1.165, 1.54) is 10.6 Å². The minimum atomic E-state index is -3.22. The highest BCUT2D eigenvalue weighted by atomic mass is 32.2. The van der Waals surface area contributed by atoms with Crippen LogP contribution in [0.3, 0.4) is 0 Å².